The largest absolute Gasteiger partial charge is 0.360 e. The summed E-state index contributed by atoms with van der Waals surface area (Å²) >= 11 is 3.70. The van der Waals surface area contributed by atoms with Crippen LogP contribution in [-0.2, 0) is 20.7 Å². The molecule has 0 aliphatic heterocycles. The molecule has 0 bridgehead atoms. The quantitative estimate of drug-likeness (QED) is 0.203. The summed E-state index contributed by atoms with van der Waals surface area (Å²) in [5.41, 5.74) is 8.78. The summed E-state index contributed by atoms with van der Waals surface area (Å²) in [5, 5.41) is 0. The third kappa shape index (κ3) is 3.05. The van der Waals surface area contributed by atoms with Crippen molar-refractivity contribution in [1.29, 1.82) is 0 Å². The van der Waals surface area contributed by atoms with Crippen LogP contribution >= 0.6 is 22.7 Å². The normalized spacial score (nSPS) is 15.6. The van der Waals surface area contributed by atoms with Gasteiger partial charge in [-0.25, -0.2) is 0 Å². The molecule has 2 aromatic heterocycles. The maximum absolute atomic E-state index is 6.80. The van der Waals surface area contributed by atoms with Gasteiger partial charge in [0.2, 0.25) is 0 Å². The van der Waals surface area contributed by atoms with Gasteiger partial charge in [0.15, 0.2) is 11.2 Å². The minimum absolute atomic E-state index is 0.602. The molecule has 2 aliphatic carbocycles. The van der Waals surface area contributed by atoms with Gasteiger partial charge in [-0.05, 0) is 48.2 Å². The smallest absolute Gasteiger partial charge is 0.154 e. The highest BCUT2D eigenvalue weighted by molar-refractivity contribution is 7.28. The summed E-state index contributed by atoms with van der Waals surface area (Å²) in [5.74, 6) is 0. The molecule has 196 valence electrons. The summed E-state index contributed by atoms with van der Waals surface area (Å²) in [6.45, 7) is 5.45. The van der Waals surface area contributed by atoms with Gasteiger partial charge < -0.3 is 9.47 Å². The first-order valence-corrected chi connectivity index (χ1v) is 15.6. The van der Waals surface area contributed by atoms with Gasteiger partial charge in [0.1, 0.15) is 0 Å². The molecule has 0 saturated heterocycles. The van der Waals surface area contributed by atoms with Crippen molar-refractivity contribution in [3.8, 4) is 22.3 Å². The van der Waals surface area contributed by atoms with E-state index in [9.17, 15) is 0 Å². The Kier molecular flexibility index (Phi) is 5.45. The maximum Gasteiger partial charge on any atom is 0.154 e. The van der Waals surface area contributed by atoms with Crippen molar-refractivity contribution in [2.45, 2.75) is 25.0 Å². The summed E-state index contributed by atoms with van der Waals surface area (Å²) in [6, 6.07) is 39.6. The first kappa shape index (κ1) is 24.3. The van der Waals surface area contributed by atoms with Gasteiger partial charge in [-0.3, -0.25) is 0 Å². The van der Waals surface area contributed by atoms with Crippen LogP contribution in [0.15, 0.2) is 109 Å². The second-order valence-corrected chi connectivity index (χ2v) is 12.5. The highest BCUT2D eigenvalue weighted by Gasteiger charge is 2.49. The fourth-order valence-corrected chi connectivity index (χ4v) is 9.73. The molecule has 6 aromatic rings. The summed E-state index contributed by atoms with van der Waals surface area (Å²) in [4.78, 5) is 2.47. The van der Waals surface area contributed by atoms with Crippen LogP contribution in [0.5, 0.6) is 0 Å². The second kappa shape index (κ2) is 8.98. The zero-order valence-corrected chi connectivity index (χ0v) is 24.1. The molecule has 0 unspecified atom stereocenters. The number of hydrogen-bond donors (Lipinski definition) is 0. The van der Waals surface area contributed by atoms with Crippen molar-refractivity contribution < 1.29 is 9.47 Å². The minimum atomic E-state index is -0.602. The highest BCUT2D eigenvalue weighted by atomic mass is 32.1. The second-order valence-electron chi connectivity index (χ2n) is 10.4. The highest BCUT2D eigenvalue weighted by Crippen LogP contribution is 2.58. The molecular weight excluding hydrogens is 529 g/mol. The Morgan fingerprint density at radius 1 is 0.475 bits per heavy atom. The molecule has 0 saturated carbocycles. The van der Waals surface area contributed by atoms with Crippen LogP contribution in [0.25, 0.3) is 31.7 Å². The number of thiophene rings is 2. The van der Waals surface area contributed by atoms with E-state index in [4.69, 9.17) is 9.47 Å². The van der Waals surface area contributed by atoms with E-state index in [1.54, 1.807) is 0 Å². The first-order valence-electron chi connectivity index (χ1n) is 13.9. The van der Waals surface area contributed by atoms with Gasteiger partial charge >= 0.3 is 0 Å². The fourth-order valence-electron chi connectivity index (χ4n) is 6.99. The predicted molar refractivity (Wildman–Crippen MR) is 166 cm³/mol. The lowest BCUT2D eigenvalue weighted by atomic mass is 9.89. The lowest BCUT2D eigenvalue weighted by Gasteiger charge is -2.31. The first-order chi connectivity index (χ1) is 19.7. The minimum Gasteiger partial charge on any atom is -0.360 e. The molecule has 0 fully saturated rings. The molecule has 0 amide bonds. The summed E-state index contributed by atoms with van der Waals surface area (Å²) in [6.07, 6.45) is 0. The number of hydrogen-bond acceptors (Lipinski definition) is 4. The number of fused-ring (bicyclic) bond motifs is 7. The summed E-state index contributed by atoms with van der Waals surface area (Å²) < 4.78 is 16.2. The zero-order chi connectivity index (χ0) is 26.9. The molecule has 2 aliphatic rings. The third-order valence-corrected chi connectivity index (χ3v) is 10.9. The van der Waals surface area contributed by atoms with E-state index in [2.05, 4.69) is 123 Å². The third-order valence-electron chi connectivity index (χ3n) is 8.43. The molecule has 4 aromatic carbocycles. The van der Waals surface area contributed by atoms with Crippen LogP contribution in [0.3, 0.4) is 0 Å². The van der Waals surface area contributed by atoms with Crippen molar-refractivity contribution in [2.75, 3.05) is 13.2 Å². The van der Waals surface area contributed by atoms with Crippen molar-refractivity contribution in [1.82, 2.24) is 0 Å². The Labute approximate surface area is 242 Å². The molecule has 0 spiro atoms. The SMILES string of the molecule is CCOC1(c2cc3sc(C4(OCC)c5ccccc5-c5ccccc54)cc3s2)c2ccccc2-c2ccccc21. The Hall–Kier alpha value is -3.54. The monoisotopic (exact) mass is 556 g/mol. The average Bonchev–Trinajstić information content (AvgIpc) is 3.72. The van der Waals surface area contributed by atoms with E-state index in [0.717, 1.165) is 0 Å². The van der Waals surface area contributed by atoms with Crippen LogP contribution in [0.2, 0.25) is 0 Å². The topological polar surface area (TPSA) is 18.5 Å². The molecule has 2 heterocycles. The predicted octanol–water partition coefficient (Wildman–Crippen LogP) is 9.58. The van der Waals surface area contributed by atoms with Gasteiger partial charge in [-0.1, -0.05) is 97.1 Å². The van der Waals surface area contributed by atoms with E-state index in [1.807, 2.05) is 22.7 Å². The average molecular weight is 557 g/mol. The molecule has 2 nitrogen and oxygen atoms in total. The Morgan fingerprint density at radius 3 is 1.07 bits per heavy atom. The Bertz CT molecular complexity index is 1650. The molecule has 0 N–H and O–H groups in total. The Morgan fingerprint density at radius 2 is 0.775 bits per heavy atom. The molecule has 40 heavy (non-hydrogen) atoms. The van der Waals surface area contributed by atoms with Crippen LogP contribution in [-0.4, -0.2) is 13.2 Å². The van der Waals surface area contributed by atoms with Gasteiger partial charge in [0, 0.05) is 54.6 Å². The van der Waals surface area contributed by atoms with E-state index >= 15 is 0 Å². The van der Waals surface area contributed by atoms with Gasteiger partial charge in [-0.15, -0.1) is 22.7 Å². The van der Waals surface area contributed by atoms with Crippen molar-refractivity contribution >= 4 is 32.1 Å². The van der Waals surface area contributed by atoms with Crippen LogP contribution in [0.1, 0.15) is 45.9 Å². The summed E-state index contributed by atoms with van der Waals surface area (Å²) in [7, 11) is 0. The lowest BCUT2D eigenvalue weighted by molar-refractivity contribution is 0.0277. The van der Waals surface area contributed by atoms with E-state index in [1.165, 1.54) is 63.7 Å². The van der Waals surface area contributed by atoms with Crippen LogP contribution in [0.4, 0.5) is 0 Å². The Balaban J connectivity index is 1.34. The number of rotatable bonds is 6. The fraction of sp³-hybridized carbons (Fsp3) is 0.167. The zero-order valence-electron chi connectivity index (χ0n) is 22.4. The van der Waals surface area contributed by atoms with Crippen molar-refractivity contribution in [3.63, 3.8) is 0 Å². The molecule has 8 rings (SSSR count). The molecule has 0 atom stereocenters. The van der Waals surface area contributed by atoms with Gasteiger partial charge in [0.25, 0.3) is 0 Å². The molecular formula is C36H28O2S2. The van der Waals surface area contributed by atoms with Crippen LogP contribution < -0.4 is 0 Å². The standard InChI is InChI=1S/C36H28O2S2/c1-3-37-35(27-17-9-5-13-23(27)24-14-6-10-18-28(24)35)33-21-31-32(39-33)22-34(40-31)36(38-4-2)29-19-11-7-15-25(29)26-16-8-12-20-30(26)36/h5-22H,3-4H2,1-2H3. The lowest BCUT2D eigenvalue weighted by Crippen LogP contribution is -2.30. The number of benzene rings is 4. The van der Waals surface area contributed by atoms with E-state index in [0.29, 0.717) is 13.2 Å². The van der Waals surface area contributed by atoms with E-state index in [-0.39, 0.29) is 0 Å². The van der Waals surface area contributed by atoms with Crippen LogP contribution in [0, 0.1) is 0 Å². The number of ether oxygens (including phenoxy) is 2. The molecule has 0 radical (unpaired) electrons. The van der Waals surface area contributed by atoms with Gasteiger partial charge in [-0.2, -0.15) is 0 Å². The van der Waals surface area contributed by atoms with Crippen molar-refractivity contribution in [2.24, 2.45) is 0 Å². The van der Waals surface area contributed by atoms with E-state index < -0.39 is 11.2 Å². The van der Waals surface area contributed by atoms with Gasteiger partial charge in [0.05, 0.1) is 0 Å². The maximum atomic E-state index is 6.80. The molecule has 4 heteroatoms. The van der Waals surface area contributed by atoms with Crippen molar-refractivity contribution in [3.05, 3.63) is 141 Å².